The van der Waals surface area contributed by atoms with Crippen LogP contribution in [0, 0.1) is 20.2 Å². The van der Waals surface area contributed by atoms with E-state index in [9.17, 15) is 20.2 Å². The molecule has 0 fully saturated rings. The lowest BCUT2D eigenvalue weighted by atomic mass is 10.4. The summed E-state index contributed by atoms with van der Waals surface area (Å²) in [6.07, 6.45) is 1.22. The number of nitrogens with one attached hydrogen (secondary N) is 1. The molecule has 13 heavy (non-hydrogen) atoms. The zero-order valence-electron chi connectivity index (χ0n) is 6.21. The van der Waals surface area contributed by atoms with E-state index in [1.807, 2.05) is 0 Å². The highest BCUT2D eigenvalue weighted by Crippen LogP contribution is 2.19. The standard InChI is InChI=1S/C5H4N4O4/c10-8(11)4-2-1-3-6-5(4)7-9(12)13/h1-3H,(H,6,7). The van der Waals surface area contributed by atoms with Crippen LogP contribution in [0.1, 0.15) is 0 Å². The molecule has 0 aromatic carbocycles. The molecular formula is C5H4N4O4. The molecule has 0 saturated carbocycles. The van der Waals surface area contributed by atoms with Gasteiger partial charge in [-0.05, 0) is 6.07 Å². The molecule has 1 rings (SSSR count). The van der Waals surface area contributed by atoms with Crippen molar-refractivity contribution in [2.75, 3.05) is 5.43 Å². The van der Waals surface area contributed by atoms with Crippen LogP contribution in [0.3, 0.4) is 0 Å². The lowest BCUT2D eigenvalue weighted by Crippen LogP contribution is -2.10. The number of hydrogen-bond donors (Lipinski definition) is 1. The van der Waals surface area contributed by atoms with Crippen LogP contribution in [-0.4, -0.2) is 14.9 Å². The molecule has 0 unspecified atom stereocenters. The Labute approximate surface area is 71.5 Å². The van der Waals surface area contributed by atoms with Crippen LogP contribution in [0.25, 0.3) is 0 Å². The Hall–Kier alpha value is -2.25. The maximum absolute atomic E-state index is 10.3. The molecule has 0 radical (unpaired) electrons. The van der Waals surface area contributed by atoms with Gasteiger partial charge in [0.15, 0.2) is 5.03 Å². The first-order chi connectivity index (χ1) is 6.11. The van der Waals surface area contributed by atoms with Gasteiger partial charge >= 0.3 is 5.69 Å². The Kier molecular flexibility index (Phi) is 2.33. The predicted octanol–water partition coefficient (Wildman–Crippen LogP) is 0.593. The molecular weight excluding hydrogens is 180 g/mol. The van der Waals surface area contributed by atoms with Crippen molar-refractivity contribution in [2.45, 2.75) is 0 Å². The molecule has 68 valence electrons. The Morgan fingerprint density at radius 3 is 2.62 bits per heavy atom. The number of pyridine rings is 1. The van der Waals surface area contributed by atoms with E-state index in [4.69, 9.17) is 0 Å². The summed E-state index contributed by atoms with van der Waals surface area (Å²) >= 11 is 0. The summed E-state index contributed by atoms with van der Waals surface area (Å²) in [6.45, 7) is 0. The van der Waals surface area contributed by atoms with Gasteiger partial charge in [-0.3, -0.25) is 10.1 Å². The summed E-state index contributed by atoms with van der Waals surface area (Å²) in [5, 5.41) is 19.4. The zero-order valence-corrected chi connectivity index (χ0v) is 6.21. The van der Waals surface area contributed by atoms with Crippen molar-refractivity contribution in [3.05, 3.63) is 38.6 Å². The van der Waals surface area contributed by atoms with E-state index in [0.29, 0.717) is 0 Å². The third-order valence-corrected chi connectivity index (χ3v) is 1.18. The van der Waals surface area contributed by atoms with Crippen molar-refractivity contribution in [2.24, 2.45) is 0 Å². The van der Waals surface area contributed by atoms with Crippen LogP contribution in [0.4, 0.5) is 11.5 Å². The number of nitro groups is 2. The molecule has 8 heteroatoms. The molecule has 1 N–H and O–H groups in total. The van der Waals surface area contributed by atoms with Gasteiger partial charge in [-0.15, -0.1) is 0 Å². The summed E-state index contributed by atoms with van der Waals surface area (Å²) in [5.41, 5.74) is 1.19. The van der Waals surface area contributed by atoms with Crippen molar-refractivity contribution in [1.82, 2.24) is 4.98 Å². The molecule has 1 heterocycles. The van der Waals surface area contributed by atoms with E-state index in [-0.39, 0.29) is 5.82 Å². The number of hydrogen-bond acceptors (Lipinski definition) is 5. The second-order valence-corrected chi connectivity index (χ2v) is 2.00. The SMILES string of the molecule is O=[N+]([O-])Nc1ncccc1[N+](=O)[O-]. The summed E-state index contributed by atoms with van der Waals surface area (Å²) in [4.78, 5) is 23.0. The molecule has 0 aliphatic carbocycles. The van der Waals surface area contributed by atoms with Crippen LogP contribution in [0.15, 0.2) is 18.3 Å². The van der Waals surface area contributed by atoms with Gasteiger partial charge in [0, 0.05) is 12.3 Å². The van der Waals surface area contributed by atoms with Crippen molar-refractivity contribution >= 4 is 11.5 Å². The molecule has 1 aromatic heterocycles. The van der Waals surface area contributed by atoms with Crippen molar-refractivity contribution in [1.29, 1.82) is 0 Å². The molecule has 0 amide bonds. The molecule has 0 aliphatic rings. The highest BCUT2D eigenvalue weighted by atomic mass is 16.7. The van der Waals surface area contributed by atoms with Crippen LogP contribution < -0.4 is 5.43 Å². The van der Waals surface area contributed by atoms with Gasteiger partial charge in [-0.25, -0.2) is 15.1 Å². The monoisotopic (exact) mass is 184 g/mol. The molecule has 0 aliphatic heterocycles. The molecule has 0 saturated heterocycles. The van der Waals surface area contributed by atoms with Crippen molar-refractivity contribution in [3.8, 4) is 0 Å². The average Bonchev–Trinajstić information content (AvgIpc) is 2.03. The first-order valence-corrected chi connectivity index (χ1v) is 3.11. The van der Waals surface area contributed by atoms with Crippen molar-refractivity contribution in [3.63, 3.8) is 0 Å². The van der Waals surface area contributed by atoms with Crippen molar-refractivity contribution < 1.29 is 9.96 Å². The zero-order chi connectivity index (χ0) is 9.84. The maximum atomic E-state index is 10.3. The fraction of sp³-hybridized carbons (Fsp3) is 0. The van der Waals surface area contributed by atoms with Gasteiger partial charge < -0.3 is 0 Å². The fourth-order valence-electron chi connectivity index (χ4n) is 0.717. The first-order valence-electron chi connectivity index (χ1n) is 3.11. The van der Waals surface area contributed by atoms with Gasteiger partial charge in [0.05, 0.1) is 4.92 Å². The third kappa shape index (κ3) is 2.09. The maximum Gasteiger partial charge on any atom is 0.317 e. The minimum absolute atomic E-state index is 0.377. The van der Waals surface area contributed by atoms with Crippen LogP contribution in [-0.2, 0) is 0 Å². The molecule has 0 spiro atoms. The quantitative estimate of drug-likeness (QED) is 0.543. The van der Waals surface area contributed by atoms with Gasteiger partial charge in [0.2, 0.25) is 0 Å². The van der Waals surface area contributed by atoms with Gasteiger partial charge in [0.1, 0.15) is 0 Å². The topological polar surface area (TPSA) is 111 Å². The van der Waals surface area contributed by atoms with E-state index < -0.39 is 15.6 Å². The predicted molar refractivity (Wildman–Crippen MR) is 41.5 cm³/mol. The number of aromatic nitrogens is 1. The summed E-state index contributed by atoms with van der Waals surface area (Å²) in [6, 6.07) is 2.45. The number of anilines is 1. The fourth-order valence-corrected chi connectivity index (χ4v) is 0.717. The lowest BCUT2D eigenvalue weighted by molar-refractivity contribution is -0.447. The summed E-state index contributed by atoms with van der Waals surface area (Å²) in [5.74, 6) is -0.377. The van der Waals surface area contributed by atoms with E-state index in [1.54, 1.807) is 5.43 Å². The number of nitrogens with zero attached hydrogens (tertiary/aromatic N) is 3. The second kappa shape index (κ2) is 3.43. The molecule has 0 atom stereocenters. The lowest BCUT2D eigenvalue weighted by Gasteiger charge is -1.96. The van der Waals surface area contributed by atoms with E-state index in [2.05, 4.69) is 4.98 Å². The summed E-state index contributed by atoms with van der Waals surface area (Å²) < 4.78 is 0. The Balaban J connectivity index is 3.04. The van der Waals surface area contributed by atoms with Gasteiger partial charge in [-0.2, -0.15) is 0 Å². The summed E-state index contributed by atoms with van der Waals surface area (Å²) in [7, 11) is 0. The highest BCUT2D eigenvalue weighted by Gasteiger charge is 2.17. The smallest absolute Gasteiger partial charge is 0.258 e. The van der Waals surface area contributed by atoms with Gasteiger partial charge in [0.25, 0.3) is 5.82 Å². The molecule has 8 nitrogen and oxygen atoms in total. The van der Waals surface area contributed by atoms with Crippen LogP contribution >= 0.6 is 0 Å². The Bertz CT molecular complexity index is 352. The Morgan fingerprint density at radius 1 is 1.38 bits per heavy atom. The van der Waals surface area contributed by atoms with E-state index in [0.717, 1.165) is 6.07 Å². The number of hydrazine groups is 1. The largest absolute Gasteiger partial charge is 0.317 e. The van der Waals surface area contributed by atoms with E-state index in [1.165, 1.54) is 12.3 Å². The first kappa shape index (κ1) is 8.84. The molecule has 1 aromatic rings. The minimum atomic E-state index is -0.907. The normalized spacial score (nSPS) is 9.23. The minimum Gasteiger partial charge on any atom is -0.258 e. The average molecular weight is 184 g/mol. The third-order valence-electron chi connectivity index (χ3n) is 1.18. The highest BCUT2D eigenvalue weighted by molar-refractivity contribution is 5.53. The van der Waals surface area contributed by atoms with Gasteiger partial charge in [-0.1, -0.05) is 5.43 Å². The van der Waals surface area contributed by atoms with Crippen LogP contribution in [0.5, 0.6) is 0 Å². The Morgan fingerprint density at radius 2 is 2.08 bits per heavy atom. The van der Waals surface area contributed by atoms with E-state index >= 15 is 0 Å². The number of rotatable bonds is 3. The van der Waals surface area contributed by atoms with Crippen LogP contribution in [0.2, 0.25) is 0 Å². The molecule has 0 bridgehead atoms. The second-order valence-electron chi connectivity index (χ2n) is 2.00.